The van der Waals surface area contributed by atoms with E-state index in [1.165, 1.54) is 11.8 Å². The molecule has 0 fully saturated rings. The number of carbonyl (C=O) groups excluding carboxylic acids is 1. The van der Waals surface area contributed by atoms with Gasteiger partial charge in [0.05, 0.1) is 5.75 Å². The van der Waals surface area contributed by atoms with Crippen molar-refractivity contribution in [2.24, 2.45) is 0 Å². The van der Waals surface area contributed by atoms with Crippen LogP contribution < -0.4 is 5.32 Å². The smallest absolute Gasteiger partial charge is 0.234 e. The van der Waals surface area contributed by atoms with E-state index in [1.807, 2.05) is 78.2 Å². The number of rotatable bonds is 6. The molecule has 0 saturated carbocycles. The molecular formula is C27H27ClN4OS. The fraction of sp³-hybridized carbons (Fsp3) is 0.222. The third-order valence-corrected chi connectivity index (χ3v) is 6.52. The topological polar surface area (TPSA) is 59.8 Å². The van der Waals surface area contributed by atoms with Gasteiger partial charge >= 0.3 is 0 Å². The van der Waals surface area contributed by atoms with Crippen molar-refractivity contribution in [3.8, 4) is 17.1 Å². The number of nitrogens with one attached hydrogen (secondary N) is 1. The van der Waals surface area contributed by atoms with E-state index in [-0.39, 0.29) is 17.1 Å². The van der Waals surface area contributed by atoms with E-state index in [2.05, 4.69) is 42.4 Å². The van der Waals surface area contributed by atoms with Gasteiger partial charge in [-0.1, -0.05) is 86.1 Å². The summed E-state index contributed by atoms with van der Waals surface area (Å²) < 4.78 is 1.96. The van der Waals surface area contributed by atoms with Gasteiger partial charge in [-0.15, -0.1) is 10.2 Å². The average Bonchev–Trinajstić information content (AvgIpc) is 3.22. The minimum atomic E-state index is -0.0931. The normalized spacial score (nSPS) is 11.4. The molecule has 0 saturated heterocycles. The van der Waals surface area contributed by atoms with Crippen LogP contribution in [0.5, 0.6) is 0 Å². The molecule has 5 nitrogen and oxygen atoms in total. The summed E-state index contributed by atoms with van der Waals surface area (Å²) in [7, 11) is 0. The molecule has 1 amide bonds. The van der Waals surface area contributed by atoms with E-state index >= 15 is 0 Å². The highest BCUT2D eigenvalue weighted by Crippen LogP contribution is 2.31. The zero-order valence-electron chi connectivity index (χ0n) is 19.7. The van der Waals surface area contributed by atoms with E-state index in [0.29, 0.717) is 16.0 Å². The maximum atomic E-state index is 12.9. The molecule has 1 aromatic heterocycles. The Balaban J connectivity index is 1.60. The molecule has 3 aromatic carbocycles. The lowest BCUT2D eigenvalue weighted by Crippen LogP contribution is -2.20. The lowest BCUT2D eigenvalue weighted by molar-refractivity contribution is -0.113. The highest BCUT2D eigenvalue weighted by Gasteiger charge is 2.20. The Labute approximate surface area is 209 Å². The molecule has 174 valence electrons. The van der Waals surface area contributed by atoms with Crippen molar-refractivity contribution in [3.05, 3.63) is 88.9 Å². The van der Waals surface area contributed by atoms with Crippen molar-refractivity contribution in [3.63, 3.8) is 0 Å². The van der Waals surface area contributed by atoms with Crippen molar-refractivity contribution in [1.82, 2.24) is 14.8 Å². The number of hydrogen-bond donors (Lipinski definition) is 1. The second kappa shape index (κ2) is 10.0. The van der Waals surface area contributed by atoms with Crippen LogP contribution in [-0.2, 0) is 10.2 Å². The number of amides is 1. The van der Waals surface area contributed by atoms with Crippen molar-refractivity contribution >= 4 is 35.0 Å². The second-order valence-corrected chi connectivity index (χ2v) is 10.5. The fourth-order valence-electron chi connectivity index (χ4n) is 3.72. The van der Waals surface area contributed by atoms with Gasteiger partial charge in [-0.25, -0.2) is 0 Å². The van der Waals surface area contributed by atoms with E-state index in [0.717, 1.165) is 28.1 Å². The first-order chi connectivity index (χ1) is 16.2. The largest absolute Gasteiger partial charge is 0.325 e. The van der Waals surface area contributed by atoms with Gasteiger partial charge in [0, 0.05) is 22.0 Å². The van der Waals surface area contributed by atoms with Crippen molar-refractivity contribution < 1.29 is 4.79 Å². The Bertz CT molecular complexity index is 1310. The Morgan fingerprint density at radius 3 is 2.44 bits per heavy atom. The van der Waals surface area contributed by atoms with E-state index < -0.39 is 0 Å². The molecule has 7 heteroatoms. The Kier molecular flexibility index (Phi) is 7.10. The van der Waals surface area contributed by atoms with Gasteiger partial charge in [0.15, 0.2) is 11.0 Å². The van der Waals surface area contributed by atoms with Gasteiger partial charge in [-0.2, -0.15) is 0 Å². The predicted octanol–water partition coefficient (Wildman–Crippen LogP) is 6.92. The number of nitrogens with zero attached hydrogens (tertiary/aromatic N) is 3. The fourth-order valence-corrected chi connectivity index (χ4v) is 4.60. The summed E-state index contributed by atoms with van der Waals surface area (Å²) in [5, 5.41) is 13.2. The summed E-state index contributed by atoms with van der Waals surface area (Å²) in [6.45, 7) is 8.44. The monoisotopic (exact) mass is 490 g/mol. The minimum absolute atomic E-state index is 0.0749. The highest BCUT2D eigenvalue weighted by molar-refractivity contribution is 7.99. The molecule has 0 radical (unpaired) electrons. The lowest BCUT2D eigenvalue weighted by Gasteiger charge is -2.23. The van der Waals surface area contributed by atoms with Gasteiger partial charge in [0.2, 0.25) is 5.91 Å². The number of halogens is 1. The first-order valence-corrected chi connectivity index (χ1v) is 12.4. The van der Waals surface area contributed by atoms with Crippen molar-refractivity contribution in [2.75, 3.05) is 11.1 Å². The third kappa shape index (κ3) is 5.51. The average molecular weight is 491 g/mol. The number of hydrogen-bond acceptors (Lipinski definition) is 4. The molecule has 1 N–H and O–H groups in total. The van der Waals surface area contributed by atoms with Crippen LogP contribution in [0, 0.1) is 6.92 Å². The number of thioether (sulfide) groups is 1. The van der Waals surface area contributed by atoms with Crippen LogP contribution in [0.3, 0.4) is 0 Å². The first kappa shape index (κ1) is 24.0. The van der Waals surface area contributed by atoms with Crippen molar-refractivity contribution in [1.29, 1.82) is 0 Å². The van der Waals surface area contributed by atoms with Crippen LogP contribution in [0.25, 0.3) is 17.1 Å². The number of carbonyl (C=O) groups is 1. The van der Waals surface area contributed by atoms with E-state index in [1.54, 1.807) is 0 Å². The van der Waals surface area contributed by atoms with E-state index in [4.69, 9.17) is 11.6 Å². The van der Waals surface area contributed by atoms with Crippen LogP contribution in [0.1, 0.15) is 31.9 Å². The van der Waals surface area contributed by atoms with Gasteiger partial charge in [0.1, 0.15) is 0 Å². The Morgan fingerprint density at radius 2 is 1.74 bits per heavy atom. The summed E-state index contributed by atoms with van der Waals surface area (Å²) in [5.41, 5.74) is 4.83. The number of aryl methyl sites for hydroxylation is 1. The zero-order chi connectivity index (χ0) is 24.3. The first-order valence-electron chi connectivity index (χ1n) is 11.0. The molecule has 0 bridgehead atoms. The van der Waals surface area contributed by atoms with Gasteiger partial charge in [0.25, 0.3) is 0 Å². The summed E-state index contributed by atoms with van der Waals surface area (Å²) >= 11 is 7.47. The van der Waals surface area contributed by atoms with Crippen LogP contribution in [0.2, 0.25) is 5.02 Å². The van der Waals surface area contributed by atoms with Gasteiger partial charge in [-0.05, 0) is 54.3 Å². The number of benzene rings is 3. The molecule has 4 aromatic rings. The molecule has 1 heterocycles. The second-order valence-electron chi connectivity index (χ2n) is 9.12. The summed E-state index contributed by atoms with van der Waals surface area (Å²) in [5.74, 6) is 0.828. The van der Waals surface area contributed by atoms with Crippen LogP contribution in [-0.4, -0.2) is 26.4 Å². The summed E-state index contributed by atoms with van der Waals surface area (Å²) in [6.07, 6.45) is 0. The third-order valence-electron chi connectivity index (χ3n) is 5.34. The predicted molar refractivity (Wildman–Crippen MR) is 141 cm³/mol. The molecule has 0 atom stereocenters. The standard InChI is InChI=1S/C27H27ClN4OS/c1-18-8-7-9-19(16-18)25-30-31-26(32(25)21-14-12-20(28)13-15-21)34-17-24(33)29-23-11-6-5-10-22(23)27(2,3)4/h5-16H,17H2,1-4H3,(H,29,33). The molecular weight excluding hydrogens is 464 g/mol. The molecule has 0 unspecified atom stereocenters. The number of aromatic nitrogens is 3. The Morgan fingerprint density at radius 1 is 1.00 bits per heavy atom. The Hall–Kier alpha value is -3.09. The quantitative estimate of drug-likeness (QED) is 0.298. The summed E-state index contributed by atoms with van der Waals surface area (Å²) in [6, 6.07) is 23.6. The van der Waals surface area contributed by atoms with Crippen LogP contribution >= 0.6 is 23.4 Å². The maximum absolute atomic E-state index is 12.9. The van der Waals surface area contributed by atoms with Crippen molar-refractivity contribution in [2.45, 2.75) is 38.3 Å². The van der Waals surface area contributed by atoms with Crippen LogP contribution in [0.15, 0.2) is 78.0 Å². The SMILES string of the molecule is Cc1cccc(-c2nnc(SCC(=O)Nc3ccccc3C(C)(C)C)n2-c2ccc(Cl)cc2)c1. The molecule has 0 spiro atoms. The molecule has 0 aliphatic rings. The van der Waals surface area contributed by atoms with Gasteiger partial charge in [-0.3, -0.25) is 9.36 Å². The molecule has 4 rings (SSSR count). The molecule has 34 heavy (non-hydrogen) atoms. The number of para-hydroxylation sites is 1. The molecule has 0 aliphatic heterocycles. The minimum Gasteiger partial charge on any atom is -0.325 e. The van der Waals surface area contributed by atoms with Crippen LogP contribution in [0.4, 0.5) is 5.69 Å². The maximum Gasteiger partial charge on any atom is 0.234 e. The van der Waals surface area contributed by atoms with E-state index in [9.17, 15) is 4.79 Å². The molecule has 0 aliphatic carbocycles. The zero-order valence-corrected chi connectivity index (χ0v) is 21.2. The number of anilines is 1. The van der Waals surface area contributed by atoms with Gasteiger partial charge < -0.3 is 5.32 Å². The highest BCUT2D eigenvalue weighted by atomic mass is 35.5. The summed E-state index contributed by atoms with van der Waals surface area (Å²) in [4.78, 5) is 12.9. The lowest BCUT2D eigenvalue weighted by atomic mass is 9.86.